The molecule has 1 aliphatic heterocycles. The lowest BCUT2D eigenvalue weighted by Gasteiger charge is -2.25. The second kappa shape index (κ2) is 5.48. The molecular formula is C16H21N3O2. The topological polar surface area (TPSA) is 60.2 Å². The van der Waals surface area contributed by atoms with Crippen molar-refractivity contribution in [1.29, 1.82) is 0 Å². The highest BCUT2D eigenvalue weighted by Crippen LogP contribution is 2.37. The fourth-order valence-electron chi connectivity index (χ4n) is 3.01. The zero-order valence-electron chi connectivity index (χ0n) is 12.7. The van der Waals surface area contributed by atoms with Gasteiger partial charge in [0.2, 0.25) is 11.7 Å². The van der Waals surface area contributed by atoms with Gasteiger partial charge in [0.1, 0.15) is 5.60 Å². The van der Waals surface area contributed by atoms with Crippen LogP contribution in [0, 0.1) is 0 Å². The van der Waals surface area contributed by atoms with Gasteiger partial charge in [0.15, 0.2) is 0 Å². The number of anilines is 1. The quantitative estimate of drug-likeness (QED) is 0.914. The predicted molar refractivity (Wildman–Crippen MR) is 80.3 cm³/mol. The molecule has 5 heteroatoms. The summed E-state index contributed by atoms with van der Waals surface area (Å²) in [6.45, 7) is 4.95. The molecule has 112 valence electrons. The summed E-state index contributed by atoms with van der Waals surface area (Å²) in [5, 5.41) is 7.56. The van der Waals surface area contributed by atoms with E-state index in [9.17, 15) is 0 Å². The number of aromatic nitrogens is 2. The molecule has 21 heavy (non-hydrogen) atoms. The molecule has 2 aromatic rings. The zero-order valence-corrected chi connectivity index (χ0v) is 12.7. The monoisotopic (exact) mass is 287 g/mol. The summed E-state index contributed by atoms with van der Waals surface area (Å²) in [7, 11) is 1.70. The minimum Gasteiger partial charge on any atom is -0.384 e. The molecule has 1 atom stereocenters. The Morgan fingerprint density at radius 3 is 2.81 bits per heavy atom. The van der Waals surface area contributed by atoms with E-state index in [0.717, 1.165) is 25.1 Å². The van der Waals surface area contributed by atoms with Crippen molar-refractivity contribution in [2.75, 3.05) is 19.0 Å². The van der Waals surface area contributed by atoms with Crippen LogP contribution in [0.5, 0.6) is 0 Å². The van der Waals surface area contributed by atoms with Gasteiger partial charge in [0, 0.05) is 19.3 Å². The average molecular weight is 287 g/mol. The number of rotatable bonds is 5. The number of hydrogen-bond acceptors (Lipinski definition) is 5. The molecule has 3 rings (SSSR count). The second-order valence-corrected chi connectivity index (χ2v) is 5.38. The standard InChI is InChI=1S/C16H21N3O2/c1-4-16(5-2,20-3)15-18-14(21-19-15)12-10-17-13-9-7-6-8-11(12)13/h6-9,12,17H,4-5,10H2,1-3H3. The van der Waals surface area contributed by atoms with E-state index < -0.39 is 5.60 Å². The van der Waals surface area contributed by atoms with E-state index in [4.69, 9.17) is 9.26 Å². The van der Waals surface area contributed by atoms with Gasteiger partial charge in [0.25, 0.3) is 0 Å². The molecule has 0 saturated heterocycles. The summed E-state index contributed by atoms with van der Waals surface area (Å²) in [6, 6.07) is 8.24. The van der Waals surface area contributed by atoms with Crippen molar-refractivity contribution in [2.45, 2.75) is 38.2 Å². The van der Waals surface area contributed by atoms with Crippen molar-refractivity contribution >= 4 is 5.69 Å². The summed E-state index contributed by atoms with van der Waals surface area (Å²) >= 11 is 0. The summed E-state index contributed by atoms with van der Waals surface area (Å²) in [4.78, 5) is 4.63. The maximum atomic E-state index is 5.67. The van der Waals surface area contributed by atoms with Crippen LogP contribution in [-0.2, 0) is 10.3 Å². The Morgan fingerprint density at radius 1 is 1.33 bits per heavy atom. The van der Waals surface area contributed by atoms with Crippen LogP contribution >= 0.6 is 0 Å². The molecule has 0 bridgehead atoms. The lowest BCUT2D eigenvalue weighted by Crippen LogP contribution is -2.28. The number of benzene rings is 1. The summed E-state index contributed by atoms with van der Waals surface area (Å²) < 4.78 is 11.2. The molecule has 1 N–H and O–H groups in total. The van der Waals surface area contributed by atoms with Crippen LogP contribution < -0.4 is 5.32 Å². The molecule has 0 amide bonds. The molecule has 0 fully saturated rings. The maximum absolute atomic E-state index is 5.67. The number of hydrogen-bond donors (Lipinski definition) is 1. The van der Waals surface area contributed by atoms with Crippen LogP contribution in [0.1, 0.15) is 49.9 Å². The molecule has 1 aromatic carbocycles. The maximum Gasteiger partial charge on any atom is 0.236 e. The van der Waals surface area contributed by atoms with Gasteiger partial charge < -0.3 is 14.6 Å². The summed E-state index contributed by atoms with van der Waals surface area (Å²) in [5.74, 6) is 1.42. The van der Waals surface area contributed by atoms with Crippen LogP contribution in [-0.4, -0.2) is 23.8 Å². The Morgan fingerprint density at radius 2 is 2.10 bits per heavy atom. The van der Waals surface area contributed by atoms with Gasteiger partial charge in [-0.1, -0.05) is 37.2 Å². The Labute approximate surface area is 124 Å². The van der Waals surface area contributed by atoms with E-state index in [-0.39, 0.29) is 5.92 Å². The first-order chi connectivity index (χ1) is 10.2. The number of fused-ring (bicyclic) bond motifs is 1. The number of para-hydroxylation sites is 1. The van der Waals surface area contributed by atoms with Gasteiger partial charge in [-0.05, 0) is 24.5 Å². The lowest BCUT2D eigenvalue weighted by molar-refractivity contribution is -0.0306. The third kappa shape index (κ3) is 2.21. The van der Waals surface area contributed by atoms with Crippen molar-refractivity contribution in [3.63, 3.8) is 0 Å². The number of methoxy groups -OCH3 is 1. The molecule has 1 aromatic heterocycles. The zero-order chi connectivity index (χ0) is 14.9. The van der Waals surface area contributed by atoms with Crippen LogP contribution in [0.15, 0.2) is 28.8 Å². The lowest BCUT2D eigenvalue weighted by atomic mass is 9.96. The largest absolute Gasteiger partial charge is 0.384 e. The van der Waals surface area contributed by atoms with E-state index >= 15 is 0 Å². The van der Waals surface area contributed by atoms with E-state index in [1.54, 1.807) is 7.11 Å². The average Bonchev–Trinajstić information content (AvgIpc) is 3.16. The number of ether oxygens (including phenoxy) is 1. The molecule has 1 aliphatic rings. The molecule has 5 nitrogen and oxygen atoms in total. The molecular weight excluding hydrogens is 266 g/mol. The van der Waals surface area contributed by atoms with Crippen LogP contribution in [0.4, 0.5) is 5.69 Å². The first-order valence-corrected chi connectivity index (χ1v) is 7.46. The van der Waals surface area contributed by atoms with Crippen LogP contribution in [0.25, 0.3) is 0 Å². The second-order valence-electron chi connectivity index (χ2n) is 5.38. The minimum atomic E-state index is -0.451. The van der Waals surface area contributed by atoms with E-state index in [1.165, 1.54) is 5.56 Å². The minimum absolute atomic E-state index is 0.116. The van der Waals surface area contributed by atoms with Crippen molar-refractivity contribution in [1.82, 2.24) is 10.1 Å². The van der Waals surface area contributed by atoms with E-state index in [1.807, 2.05) is 12.1 Å². The first kappa shape index (κ1) is 14.1. The van der Waals surface area contributed by atoms with Crippen molar-refractivity contribution in [2.24, 2.45) is 0 Å². The highest BCUT2D eigenvalue weighted by atomic mass is 16.5. The number of nitrogens with one attached hydrogen (secondary N) is 1. The van der Waals surface area contributed by atoms with Gasteiger partial charge in [-0.25, -0.2) is 0 Å². The fraction of sp³-hybridized carbons (Fsp3) is 0.500. The van der Waals surface area contributed by atoms with Gasteiger partial charge >= 0.3 is 0 Å². The molecule has 1 unspecified atom stereocenters. The van der Waals surface area contributed by atoms with Gasteiger partial charge in [-0.15, -0.1) is 0 Å². The Kier molecular flexibility index (Phi) is 3.68. The Bertz CT molecular complexity index is 611. The third-order valence-corrected chi connectivity index (χ3v) is 4.51. The normalized spacial score (nSPS) is 17.6. The highest BCUT2D eigenvalue weighted by Gasteiger charge is 2.36. The smallest absolute Gasteiger partial charge is 0.236 e. The molecule has 0 aliphatic carbocycles. The van der Waals surface area contributed by atoms with E-state index in [2.05, 4.69) is 41.4 Å². The molecule has 2 heterocycles. The molecule has 0 radical (unpaired) electrons. The third-order valence-electron chi connectivity index (χ3n) is 4.51. The number of nitrogens with zero attached hydrogens (tertiary/aromatic N) is 2. The molecule has 0 saturated carbocycles. The van der Waals surface area contributed by atoms with Crippen LogP contribution in [0.2, 0.25) is 0 Å². The first-order valence-electron chi connectivity index (χ1n) is 7.46. The molecule has 0 spiro atoms. The van der Waals surface area contributed by atoms with Crippen molar-refractivity contribution in [3.8, 4) is 0 Å². The fourth-order valence-corrected chi connectivity index (χ4v) is 3.01. The Hall–Kier alpha value is -1.88. The van der Waals surface area contributed by atoms with E-state index in [0.29, 0.717) is 11.7 Å². The van der Waals surface area contributed by atoms with Crippen molar-refractivity contribution in [3.05, 3.63) is 41.5 Å². The Balaban J connectivity index is 1.93. The summed E-state index contributed by atoms with van der Waals surface area (Å²) in [6.07, 6.45) is 1.64. The SMILES string of the molecule is CCC(CC)(OC)c1noc(C2CNc3ccccc32)n1. The predicted octanol–water partition coefficient (Wildman–Crippen LogP) is 3.29. The van der Waals surface area contributed by atoms with Gasteiger partial charge in [-0.3, -0.25) is 0 Å². The highest BCUT2D eigenvalue weighted by molar-refractivity contribution is 5.59. The summed E-state index contributed by atoms with van der Waals surface area (Å²) in [5.41, 5.74) is 1.91. The van der Waals surface area contributed by atoms with Gasteiger partial charge in [-0.2, -0.15) is 4.98 Å². The van der Waals surface area contributed by atoms with Crippen LogP contribution in [0.3, 0.4) is 0 Å². The van der Waals surface area contributed by atoms with Gasteiger partial charge in [0.05, 0.1) is 5.92 Å². The van der Waals surface area contributed by atoms with Crippen molar-refractivity contribution < 1.29 is 9.26 Å².